The molecule has 129 heavy (non-hydrogen) atoms. The van der Waals surface area contributed by atoms with Crippen LogP contribution in [0.15, 0.2) is 141 Å². The van der Waals surface area contributed by atoms with Crippen molar-refractivity contribution in [3.05, 3.63) is 166 Å². The molecule has 8 aromatic carbocycles. The largest absolute Gasteiger partial charge is 0.744 e. The Morgan fingerprint density at radius 2 is 0.271 bits per heavy atom. The van der Waals surface area contributed by atoms with E-state index in [1.165, 1.54) is 305 Å². The van der Waals surface area contributed by atoms with Gasteiger partial charge in [-0.1, -0.05) is 485 Å². The van der Waals surface area contributed by atoms with Crippen LogP contribution in [0, 0.1) is 0 Å². The number of aryl methyl sites for hydroxylation is 8. The van der Waals surface area contributed by atoms with E-state index in [9.17, 15) is 51.9 Å². The van der Waals surface area contributed by atoms with Crippen LogP contribution in [0.2, 0.25) is 0 Å². The molecule has 8 aromatic rings. The monoisotopic (exact) mass is 2050 g/mol. The van der Waals surface area contributed by atoms with Crippen LogP contribution < -0.4 is 0 Å². The summed E-state index contributed by atoms with van der Waals surface area (Å²) in [6.45, 7) is 17.8. The van der Waals surface area contributed by atoms with E-state index in [-0.39, 0.29) is 46.9 Å². The van der Waals surface area contributed by atoms with Crippen LogP contribution in [0.25, 0.3) is 43.1 Å². The summed E-state index contributed by atoms with van der Waals surface area (Å²) in [7, 11) is -18.1. The summed E-state index contributed by atoms with van der Waals surface area (Å²) >= 11 is 0. The molecule has 0 unspecified atom stereocenters. The quantitative estimate of drug-likeness (QED) is 0.0197. The smallest absolute Gasteiger partial charge is 0.125 e. The van der Waals surface area contributed by atoms with Gasteiger partial charge in [0.15, 0.2) is 0 Å². The minimum Gasteiger partial charge on any atom is -0.744 e. The van der Waals surface area contributed by atoms with E-state index in [4.69, 9.17) is 0 Å². The van der Waals surface area contributed by atoms with Crippen molar-refractivity contribution in [2.45, 2.75) is 486 Å². The van der Waals surface area contributed by atoms with Gasteiger partial charge in [-0.2, -0.15) is 0 Å². The molecule has 0 amide bonds. The van der Waals surface area contributed by atoms with Gasteiger partial charge in [-0.05, 0) is 190 Å². The molecule has 12 nitrogen and oxygen atoms in total. The maximum Gasteiger partial charge on any atom is 0.125 e. The second kappa shape index (κ2) is 69.2. The number of hydrogen-bond donors (Lipinski definition) is 0. The third-order valence-electron chi connectivity index (χ3n) is 26.0. The fraction of sp³-hybridized carbons (Fsp3) is 0.643. The predicted molar refractivity (Wildman–Crippen MR) is 547 cm³/mol. The molecule has 0 saturated carbocycles. The number of benzene rings is 8. The van der Waals surface area contributed by atoms with Crippen LogP contribution in [0.3, 0.4) is 0 Å². The Labute approximate surface area is 807 Å². The molecular formula is C112H172O12PbS4-4. The zero-order valence-electron chi connectivity index (χ0n) is 81.8. The first-order chi connectivity index (χ1) is 61.9. The van der Waals surface area contributed by atoms with Gasteiger partial charge in [0.25, 0.3) is 0 Å². The summed E-state index contributed by atoms with van der Waals surface area (Å²) in [6.07, 6.45) is 74.4. The molecule has 17 heteroatoms. The molecule has 0 saturated heterocycles. The van der Waals surface area contributed by atoms with Gasteiger partial charge in [0.1, 0.15) is 40.5 Å². The van der Waals surface area contributed by atoms with Gasteiger partial charge < -0.3 is 18.2 Å². The predicted octanol–water partition coefficient (Wildman–Crippen LogP) is 32.9. The Kier molecular flexibility index (Phi) is 62.6. The van der Waals surface area contributed by atoms with Gasteiger partial charge in [0, 0.05) is 27.3 Å². The molecule has 0 atom stereocenters. The van der Waals surface area contributed by atoms with Crippen LogP contribution in [-0.2, 0) is 91.8 Å². The molecule has 0 aliphatic rings. The molecule has 0 aliphatic carbocycles. The van der Waals surface area contributed by atoms with Gasteiger partial charge in [0.2, 0.25) is 0 Å². The Morgan fingerprint density at radius 1 is 0.163 bits per heavy atom. The summed E-state index contributed by atoms with van der Waals surface area (Å²) in [5, 5.41) is 6.16. The summed E-state index contributed by atoms with van der Waals surface area (Å²) in [6, 6.07) is 38.3. The van der Waals surface area contributed by atoms with Crippen molar-refractivity contribution in [1.29, 1.82) is 0 Å². The van der Waals surface area contributed by atoms with Crippen molar-refractivity contribution in [2.75, 3.05) is 0 Å². The van der Waals surface area contributed by atoms with Crippen molar-refractivity contribution in [3.63, 3.8) is 0 Å². The van der Waals surface area contributed by atoms with Crippen molar-refractivity contribution in [3.8, 4) is 0 Å². The zero-order valence-corrected chi connectivity index (χ0v) is 89.0. The van der Waals surface area contributed by atoms with Crippen molar-refractivity contribution in [1.82, 2.24) is 0 Å². The Hall–Kier alpha value is -4.64. The third-order valence-corrected chi connectivity index (χ3v) is 30.0. The second-order valence-corrected chi connectivity index (χ2v) is 42.3. The maximum absolute atomic E-state index is 12.2. The molecule has 0 aliphatic heterocycles. The standard InChI is InChI=1S/4C28H44O3S.Pb/c4*1-3-5-7-9-11-13-15-19-24-23-25(20-16-14-12-10-8-6-4-2)28(32(29,30)31)27-22-18-17-21-26(24)27;/h4*17-18,21-23H,3-16,19-20H2,1-2H3,(H,29,30,31);/p-4. The van der Waals surface area contributed by atoms with Gasteiger partial charge in [0.05, 0.1) is 19.6 Å². The molecule has 4 radical (unpaired) electrons. The van der Waals surface area contributed by atoms with Crippen LogP contribution in [-0.4, -0.2) is 79.2 Å². The van der Waals surface area contributed by atoms with Crippen LogP contribution in [0.4, 0.5) is 0 Å². The fourth-order valence-corrected chi connectivity index (χ4v) is 22.6. The molecule has 0 spiro atoms. The van der Waals surface area contributed by atoms with E-state index in [0.717, 1.165) is 147 Å². The summed E-state index contributed by atoms with van der Waals surface area (Å²) in [4.78, 5) is 0.0644. The molecule has 0 heterocycles. The first-order valence-corrected chi connectivity index (χ1v) is 57.6. The number of fused-ring (bicyclic) bond motifs is 4. The maximum atomic E-state index is 12.2. The first-order valence-electron chi connectivity index (χ1n) is 51.9. The van der Waals surface area contributed by atoms with E-state index >= 15 is 0 Å². The van der Waals surface area contributed by atoms with Crippen LogP contribution in [0.5, 0.6) is 0 Å². The summed E-state index contributed by atoms with van der Waals surface area (Å²) < 4.78 is 147. The Morgan fingerprint density at radius 3 is 0.395 bits per heavy atom. The molecule has 724 valence electrons. The minimum absolute atomic E-state index is 0. The van der Waals surface area contributed by atoms with E-state index in [1.54, 1.807) is 0 Å². The zero-order chi connectivity index (χ0) is 92.9. The minimum atomic E-state index is -4.52. The van der Waals surface area contributed by atoms with Gasteiger partial charge in [-0.15, -0.1) is 0 Å². The number of rotatable bonds is 68. The normalized spacial score (nSPS) is 11.9. The fourth-order valence-electron chi connectivity index (χ4n) is 18.9. The third kappa shape index (κ3) is 45.7. The molecule has 0 fully saturated rings. The summed E-state index contributed by atoms with van der Waals surface area (Å²) in [5.41, 5.74) is 7.68. The molecule has 8 rings (SSSR count). The van der Waals surface area contributed by atoms with E-state index in [0.29, 0.717) is 47.2 Å². The van der Waals surface area contributed by atoms with E-state index < -0.39 is 40.5 Å². The number of unbranched alkanes of at least 4 members (excludes halogenated alkanes) is 48. The molecule has 0 aromatic heterocycles. The molecular weight excluding hydrogens is 1870 g/mol. The average molecular weight is 2050 g/mol. The Bertz CT molecular complexity index is 4220. The topological polar surface area (TPSA) is 229 Å². The Balaban J connectivity index is 0.000000359. The first kappa shape index (κ1) is 117. The van der Waals surface area contributed by atoms with E-state index in [1.807, 2.05) is 121 Å². The van der Waals surface area contributed by atoms with Gasteiger partial charge >= 0.3 is 0 Å². The van der Waals surface area contributed by atoms with E-state index in [2.05, 4.69) is 55.4 Å². The van der Waals surface area contributed by atoms with Crippen molar-refractivity contribution >= 4 is 111 Å². The molecule has 0 bridgehead atoms. The average Bonchev–Trinajstić information content (AvgIpc) is 0.782. The SMILES string of the molecule is CCCCCCCCCc1cc(CCCCCCCCC)c2ccccc2c1S(=O)(=O)[O-].CCCCCCCCCc1cc(CCCCCCCCC)c2ccccc2c1S(=O)(=O)[O-].CCCCCCCCCc1cc(CCCCCCCCC)c2ccccc2c1S(=O)(=O)[O-].CCCCCCCCCc1cc(CCCCCCCCC)c2ccccc2c1S(=O)(=O)[O-].[Pb]. The van der Waals surface area contributed by atoms with Crippen molar-refractivity contribution in [2.24, 2.45) is 0 Å². The summed E-state index contributed by atoms with van der Waals surface area (Å²) in [5.74, 6) is 0. The van der Waals surface area contributed by atoms with Crippen molar-refractivity contribution < 1.29 is 51.9 Å². The number of hydrogen-bond acceptors (Lipinski definition) is 12. The van der Waals surface area contributed by atoms with Crippen LogP contribution in [0.1, 0.15) is 459 Å². The molecule has 0 N–H and O–H groups in total. The van der Waals surface area contributed by atoms with Gasteiger partial charge in [-0.25, -0.2) is 33.7 Å². The van der Waals surface area contributed by atoms with Crippen LogP contribution >= 0.6 is 0 Å². The van der Waals surface area contributed by atoms with Gasteiger partial charge in [-0.3, -0.25) is 0 Å². The second-order valence-electron chi connectivity index (χ2n) is 37.1.